The third kappa shape index (κ3) is 3.06. The van der Waals surface area contributed by atoms with E-state index >= 15 is 0 Å². The van der Waals surface area contributed by atoms with Crippen LogP contribution in [0.5, 0.6) is 0 Å². The Labute approximate surface area is 113 Å². The molecule has 1 amide bonds. The molecule has 0 saturated carbocycles. The van der Waals surface area contributed by atoms with E-state index in [-0.39, 0.29) is 6.42 Å². The van der Waals surface area contributed by atoms with E-state index in [4.69, 9.17) is 5.26 Å². The molecule has 0 N–H and O–H groups in total. The van der Waals surface area contributed by atoms with Crippen molar-refractivity contribution in [1.29, 1.82) is 5.26 Å². The monoisotopic (exact) mass is 283 g/mol. The number of nitro groups is 1. The van der Waals surface area contributed by atoms with Gasteiger partial charge in [0.25, 0.3) is 5.91 Å². The van der Waals surface area contributed by atoms with E-state index < -0.39 is 39.8 Å². The zero-order valence-electron chi connectivity index (χ0n) is 10.8. The van der Waals surface area contributed by atoms with Gasteiger partial charge in [0.2, 0.25) is 5.82 Å². The fraction of sp³-hybridized carbons (Fsp3) is 0.333. The maximum absolute atomic E-state index is 13.7. The summed E-state index contributed by atoms with van der Waals surface area (Å²) in [4.78, 5) is 22.4. The molecule has 0 radical (unpaired) electrons. The number of benzene rings is 1. The van der Waals surface area contributed by atoms with Crippen molar-refractivity contribution in [3.05, 3.63) is 39.4 Å². The zero-order chi connectivity index (χ0) is 15.4. The van der Waals surface area contributed by atoms with Crippen molar-refractivity contribution in [2.45, 2.75) is 19.4 Å². The van der Waals surface area contributed by atoms with Gasteiger partial charge in [0.15, 0.2) is 0 Å². The maximum Gasteiger partial charge on any atom is 0.307 e. The molecule has 0 bridgehead atoms. The van der Waals surface area contributed by atoms with Crippen LogP contribution in [-0.2, 0) is 0 Å². The van der Waals surface area contributed by atoms with E-state index in [1.165, 1.54) is 7.05 Å². The normalized spacial score (nSPS) is 11.6. The van der Waals surface area contributed by atoms with Crippen LogP contribution in [0.1, 0.15) is 23.7 Å². The molecular weight excluding hydrogens is 272 g/mol. The number of hydrogen-bond acceptors (Lipinski definition) is 4. The highest BCUT2D eigenvalue weighted by Crippen LogP contribution is 2.22. The number of carbonyl (C=O) groups is 1. The average Bonchev–Trinajstić information content (AvgIpc) is 2.39. The summed E-state index contributed by atoms with van der Waals surface area (Å²) in [6.07, 6.45) is 0.0271. The zero-order valence-corrected chi connectivity index (χ0v) is 10.8. The first-order chi connectivity index (χ1) is 9.29. The molecule has 0 aromatic heterocycles. The van der Waals surface area contributed by atoms with Crippen molar-refractivity contribution in [2.75, 3.05) is 7.05 Å². The lowest BCUT2D eigenvalue weighted by Crippen LogP contribution is -2.35. The molecule has 0 heterocycles. The Morgan fingerprint density at radius 2 is 2.10 bits per heavy atom. The molecule has 1 rings (SSSR count). The van der Waals surface area contributed by atoms with Crippen LogP contribution < -0.4 is 0 Å². The lowest BCUT2D eigenvalue weighted by molar-refractivity contribution is -0.387. The van der Waals surface area contributed by atoms with E-state index in [0.717, 1.165) is 4.90 Å². The number of rotatable bonds is 4. The van der Waals surface area contributed by atoms with Crippen LogP contribution in [0.4, 0.5) is 14.5 Å². The number of hydrogen-bond donors (Lipinski definition) is 0. The lowest BCUT2D eigenvalue weighted by atomic mass is 10.1. The predicted octanol–water partition coefficient (Wildman–Crippen LogP) is 2.25. The number of nitrogens with zero attached hydrogens (tertiary/aromatic N) is 3. The fourth-order valence-electron chi connectivity index (χ4n) is 1.50. The number of carbonyl (C=O) groups excluding carboxylic acids is 1. The van der Waals surface area contributed by atoms with Gasteiger partial charge in [0.05, 0.1) is 29.0 Å². The number of amides is 1. The summed E-state index contributed by atoms with van der Waals surface area (Å²) < 4.78 is 27.1. The van der Waals surface area contributed by atoms with Gasteiger partial charge in [-0.05, 0) is 13.0 Å². The Morgan fingerprint density at radius 3 is 2.60 bits per heavy atom. The third-order valence-corrected chi connectivity index (χ3v) is 2.83. The van der Waals surface area contributed by atoms with Gasteiger partial charge in [0, 0.05) is 13.1 Å². The fourth-order valence-corrected chi connectivity index (χ4v) is 1.50. The van der Waals surface area contributed by atoms with Crippen molar-refractivity contribution < 1.29 is 18.5 Å². The van der Waals surface area contributed by atoms with E-state index in [9.17, 15) is 23.7 Å². The molecule has 0 aliphatic carbocycles. The maximum atomic E-state index is 13.7. The Bertz CT molecular complexity index is 598. The van der Waals surface area contributed by atoms with E-state index in [0.29, 0.717) is 12.1 Å². The Morgan fingerprint density at radius 1 is 1.50 bits per heavy atom. The first kappa shape index (κ1) is 15.5. The third-order valence-electron chi connectivity index (χ3n) is 2.83. The SMILES string of the molecule is CC(CC#N)N(C)C(=O)c1cc(F)c([N+](=O)[O-])cc1F. The van der Waals surface area contributed by atoms with Crippen LogP contribution in [0.2, 0.25) is 0 Å². The van der Waals surface area contributed by atoms with Gasteiger partial charge in [-0.25, -0.2) is 4.39 Å². The molecule has 1 unspecified atom stereocenters. The van der Waals surface area contributed by atoms with Crippen LogP contribution in [0.25, 0.3) is 0 Å². The molecule has 0 fully saturated rings. The van der Waals surface area contributed by atoms with Gasteiger partial charge < -0.3 is 4.90 Å². The minimum Gasteiger partial charge on any atom is -0.338 e. The van der Waals surface area contributed by atoms with Crippen LogP contribution in [-0.4, -0.2) is 28.8 Å². The second kappa shape index (κ2) is 6.06. The quantitative estimate of drug-likeness (QED) is 0.626. The Hall–Kier alpha value is -2.56. The number of halogens is 2. The molecule has 0 aliphatic heterocycles. The van der Waals surface area contributed by atoms with Crippen molar-refractivity contribution in [3.8, 4) is 6.07 Å². The van der Waals surface area contributed by atoms with E-state index in [2.05, 4.69) is 0 Å². The van der Waals surface area contributed by atoms with Gasteiger partial charge in [-0.15, -0.1) is 0 Å². The van der Waals surface area contributed by atoms with Crippen molar-refractivity contribution >= 4 is 11.6 Å². The van der Waals surface area contributed by atoms with Gasteiger partial charge in [-0.1, -0.05) is 0 Å². The van der Waals surface area contributed by atoms with Crippen LogP contribution in [0.15, 0.2) is 12.1 Å². The number of nitriles is 1. The Balaban J connectivity index is 3.15. The van der Waals surface area contributed by atoms with Crippen LogP contribution in [0.3, 0.4) is 0 Å². The highest BCUT2D eigenvalue weighted by molar-refractivity contribution is 5.94. The molecule has 0 aliphatic rings. The summed E-state index contributed by atoms with van der Waals surface area (Å²) in [5, 5.41) is 19.0. The summed E-state index contributed by atoms with van der Waals surface area (Å²) in [6, 6.07) is 2.22. The summed E-state index contributed by atoms with van der Waals surface area (Å²) >= 11 is 0. The standard InChI is InChI=1S/C12H11F2N3O3/c1-7(3-4-15)16(2)12(18)8-5-10(14)11(17(19)20)6-9(8)13/h5-7H,3H2,1-2H3. The molecule has 1 aromatic rings. The van der Waals surface area contributed by atoms with E-state index in [1.807, 2.05) is 6.07 Å². The number of nitro benzene ring substituents is 1. The summed E-state index contributed by atoms with van der Waals surface area (Å²) in [6.45, 7) is 1.57. The van der Waals surface area contributed by atoms with Gasteiger partial charge >= 0.3 is 5.69 Å². The molecule has 0 saturated heterocycles. The molecule has 20 heavy (non-hydrogen) atoms. The highest BCUT2D eigenvalue weighted by Gasteiger charge is 2.25. The van der Waals surface area contributed by atoms with Crippen molar-refractivity contribution in [2.24, 2.45) is 0 Å². The first-order valence-corrected chi connectivity index (χ1v) is 5.57. The minimum absolute atomic E-state index is 0.0271. The van der Waals surface area contributed by atoms with E-state index in [1.54, 1.807) is 6.92 Å². The Kier molecular flexibility index (Phi) is 4.69. The predicted molar refractivity (Wildman–Crippen MR) is 64.8 cm³/mol. The molecule has 1 atom stereocenters. The highest BCUT2D eigenvalue weighted by atomic mass is 19.1. The smallest absolute Gasteiger partial charge is 0.307 e. The average molecular weight is 283 g/mol. The summed E-state index contributed by atoms with van der Waals surface area (Å²) in [7, 11) is 1.34. The first-order valence-electron chi connectivity index (χ1n) is 5.57. The molecule has 1 aromatic carbocycles. The van der Waals surface area contributed by atoms with Crippen LogP contribution in [0, 0.1) is 33.1 Å². The summed E-state index contributed by atoms with van der Waals surface area (Å²) in [5.41, 5.74) is -1.65. The minimum atomic E-state index is -1.29. The second-order valence-corrected chi connectivity index (χ2v) is 4.17. The molecule has 6 nitrogen and oxygen atoms in total. The molecule has 8 heteroatoms. The lowest BCUT2D eigenvalue weighted by Gasteiger charge is -2.23. The van der Waals surface area contributed by atoms with Crippen molar-refractivity contribution in [3.63, 3.8) is 0 Å². The largest absolute Gasteiger partial charge is 0.338 e. The molecule has 0 spiro atoms. The van der Waals surface area contributed by atoms with Crippen molar-refractivity contribution in [1.82, 2.24) is 4.90 Å². The molecule has 106 valence electrons. The van der Waals surface area contributed by atoms with Crippen LogP contribution >= 0.6 is 0 Å². The topological polar surface area (TPSA) is 87.2 Å². The van der Waals surface area contributed by atoms with Gasteiger partial charge in [-0.2, -0.15) is 9.65 Å². The van der Waals surface area contributed by atoms with Gasteiger partial charge in [0.1, 0.15) is 5.82 Å². The second-order valence-electron chi connectivity index (χ2n) is 4.17. The summed E-state index contributed by atoms with van der Waals surface area (Å²) in [5.74, 6) is -3.32. The molecular formula is C12H11F2N3O3. The van der Waals surface area contributed by atoms with Gasteiger partial charge in [-0.3, -0.25) is 14.9 Å².